The molecule has 1 atom stereocenters. The van der Waals surface area contributed by atoms with Crippen molar-refractivity contribution in [3.05, 3.63) is 59.1 Å². The second-order valence-corrected chi connectivity index (χ2v) is 10.8. The molecule has 1 amide bonds. The third-order valence-electron chi connectivity index (χ3n) is 5.68. The molecule has 4 nitrogen and oxygen atoms in total. The fourth-order valence-corrected chi connectivity index (χ4v) is 5.63. The summed E-state index contributed by atoms with van der Waals surface area (Å²) in [6.45, 7) is 3.13. The second-order valence-electron chi connectivity index (χ2n) is 7.85. The van der Waals surface area contributed by atoms with Gasteiger partial charge in [0.15, 0.2) is 9.84 Å². The van der Waals surface area contributed by atoms with Crippen LogP contribution in [0.5, 0.6) is 0 Å². The van der Waals surface area contributed by atoms with Crippen LogP contribution in [0.4, 0.5) is 18.9 Å². The van der Waals surface area contributed by atoms with E-state index in [1.165, 1.54) is 24.8 Å². The molecule has 0 aliphatic carbocycles. The SMILES string of the molecule is CC(C)([C@@H]1CCC(=O)N(c2cccc(Cl)c2)C1)S(=O)(=O)c1cccc(C(F)(F)F)c1. The van der Waals surface area contributed by atoms with Gasteiger partial charge in [-0.3, -0.25) is 4.79 Å². The first-order valence-electron chi connectivity index (χ1n) is 9.32. The van der Waals surface area contributed by atoms with Crippen molar-refractivity contribution in [2.24, 2.45) is 5.92 Å². The van der Waals surface area contributed by atoms with Gasteiger partial charge in [0.2, 0.25) is 5.91 Å². The molecule has 0 spiro atoms. The number of sulfone groups is 1. The third kappa shape index (κ3) is 4.21. The van der Waals surface area contributed by atoms with E-state index in [4.69, 9.17) is 11.6 Å². The molecule has 3 rings (SSSR count). The summed E-state index contributed by atoms with van der Waals surface area (Å²) >= 11 is 6.02. The number of halogens is 4. The molecule has 30 heavy (non-hydrogen) atoms. The summed E-state index contributed by atoms with van der Waals surface area (Å²) in [5.74, 6) is -0.630. The number of rotatable bonds is 4. The molecule has 0 bridgehead atoms. The zero-order chi connectivity index (χ0) is 22.3. The van der Waals surface area contributed by atoms with Crippen LogP contribution in [0.25, 0.3) is 0 Å². The molecule has 1 aliphatic heterocycles. The summed E-state index contributed by atoms with van der Waals surface area (Å²) in [7, 11) is -4.12. The number of carbonyl (C=O) groups excluding carboxylic acids is 1. The molecule has 0 saturated carbocycles. The standard InChI is InChI=1S/C21H21ClF3NO3S/c1-20(2,30(28,29)18-8-3-5-14(11-18)21(23,24)25)15-9-10-19(27)26(13-15)17-7-4-6-16(22)12-17/h3-8,11-12,15H,9-10,13H2,1-2H3/t15-/m1/s1. The quantitative estimate of drug-likeness (QED) is 0.619. The molecular formula is C21H21ClF3NO3S. The highest BCUT2D eigenvalue weighted by atomic mass is 35.5. The highest BCUT2D eigenvalue weighted by molar-refractivity contribution is 7.92. The first-order chi connectivity index (χ1) is 13.8. The Morgan fingerprint density at radius 3 is 2.37 bits per heavy atom. The van der Waals surface area contributed by atoms with Crippen LogP contribution >= 0.6 is 11.6 Å². The van der Waals surface area contributed by atoms with Gasteiger partial charge in [-0.25, -0.2) is 8.42 Å². The van der Waals surface area contributed by atoms with Gasteiger partial charge in [-0.15, -0.1) is 0 Å². The Morgan fingerprint density at radius 1 is 1.07 bits per heavy atom. The highest BCUT2D eigenvalue weighted by Crippen LogP contribution is 2.40. The van der Waals surface area contributed by atoms with Crippen LogP contribution in [-0.2, 0) is 20.8 Å². The predicted molar refractivity (Wildman–Crippen MR) is 109 cm³/mol. The van der Waals surface area contributed by atoms with Crippen molar-refractivity contribution in [2.75, 3.05) is 11.4 Å². The first kappa shape index (κ1) is 22.6. The maximum absolute atomic E-state index is 13.3. The van der Waals surface area contributed by atoms with Gasteiger partial charge in [0.05, 0.1) is 15.2 Å². The number of alkyl halides is 3. The summed E-state index contributed by atoms with van der Waals surface area (Å²) in [6.07, 6.45) is -4.18. The Kier molecular flexibility index (Phi) is 5.95. The number of piperidine rings is 1. The number of benzene rings is 2. The smallest absolute Gasteiger partial charge is 0.312 e. The summed E-state index contributed by atoms with van der Waals surface area (Å²) < 4.78 is 64.5. The summed E-state index contributed by atoms with van der Waals surface area (Å²) in [5.41, 5.74) is -0.455. The van der Waals surface area contributed by atoms with Gasteiger partial charge in [-0.05, 0) is 62.6 Å². The molecule has 9 heteroatoms. The van der Waals surface area contributed by atoms with E-state index in [0.29, 0.717) is 23.2 Å². The summed E-state index contributed by atoms with van der Waals surface area (Å²) in [4.78, 5) is 13.6. The Bertz CT molecular complexity index is 1070. The van der Waals surface area contributed by atoms with Gasteiger partial charge in [-0.2, -0.15) is 13.2 Å². The number of carbonyl (C=O) groups is 1. The number of nitrogens with zero attached hydrogens (tertiary/aromatic N) is 1. The number of hydrogen-bond donors (Lipinski definition) is 0. The highest BCUT2D eigenvalue weighted by Gasteiger charge is 2.46. The molecule has 0 unspecified atom stereocenters. The largest absolute Gasteiger partial charge is 0.416 e. The van der Waals surface area contributed by atoms with Gasteiger partial charge < -0.3 is 4.90 Å². The lowest BCUT2D eigenvalue weighted by Gasteiger charge is -2.41. The Labute approximate surface area is 178 Å². The van der Waals surface area contributed by atoms with Crippen LogP contribution in [0.2, 0.25) is 5.02 Å². The molecular weight excluding hydrogens is 439 g/mol. The van der Waals surface area contributed by atoms with Crippen molar-refractivity contribution in [3.8, 4) is 0 Å². The van der Waals surface area contributed by atoms with Crippen molar-refractivity contribution in [1.82, 2.24) is 0 Å². The molecule has 1 fully saturated rings. The Hall–Kier alpha value is -2.06. The maximum Gasteiger partial charge on any atom is 0.416 e. The maximum atomic E-state index is 13.3. The van der Waals surface area contributed by atoms with Crippen molar-refractivity contribution in [2.45, 2.75) is 42.5 Å². The van der Waals surface area contributed by atoms with E-state index in [9.17, 15) is 26.4 Å². The lowest BCUT2D eigenvalue weighted by molar-refractivity contribution is -0.137. The minimum Gasteiger partial charge on any atom is -0.312 e. The minimum atomic E-state index is -4.64. The fourth-order valence-electron chi connectivity index (χ4n) is 3.67. The van der Waals surface area contributed by atoms with Crippen LogP contribution in [0.15, 0.2) is 53.4 Å². The van der Waals surface area contributed by atoms with E-state index in [-0.39, 0.29) is 23.8 Å². The molecule has 0 aromatic heterocycles. The molecule has 0 radical (unpaired) electrons. The summed E-state index contributed by atoms with van der Waals surface area (Å²) in [5, 5.41) is 0.443. The van der Waals surface area contributed by atoms with Gasteiger partial charge in [0.25, 0.3) is 0 Å². The van der Waals surface area contributed by atoms with Crippen molar-refractivity contribution in [3.63, 3.8) is 0 Å². The monoisotopic (exact) mass is 459 g/mol. The van der Waals surface area contributed by atoms with Crippen molar-refractivity contribution in [1.29, 1.82) is 0 Å². The lowest BCUT2D eigenvalue weighted by atomic mass is 9.86. The molecule has 1 heterocycles. The van der Waals surface area contributed by atoms with Gasteiger partial charge >= 0.3 is 6.18 Å². The average Bonchev–Trinajstić information content (AvgIpc) is 2.67. The first-order valence-corrected chi connectivity index (χ1v) is 11.2. The van der Waals surface area contributed by atoms with E-state index >= 15 is 0 Å². The van der Waals surface area contributed by atoms with Crippen LogP contribution in [-0.4, -0.2) is 25.6 Å². The Balaban J connectivity index is 1.95. The number of amides is 1. The van der Waals surface area contributed by atoms with Crippen LogP contribution < -0.4 is 4.90 Å². The number of anilines is 1. The minimum absolute atomic E-state index is 0.129. The van der Waals surface area contributed by atoms with E-state index in [2.05, 4.69) is 0 Å². The van der Waals surface area contributed by atoms with Gasteiger partial charge in [-0.1, -0.05) is 23.7 Å². The molecule has 0 N–H and O–H groups in total. The number of hydrogen-bond acceptors (Lipinski definition) is 3. The molecule has 1 saturated heterocycles. The molecule has 162 valence electrons. The van der Waals surface area contributed by atoms with E-state index in [1.54, 1.807) is 24.3 Å². The van der Waals surface area contributed by atoms with Crippen LogP contribution in [0.3, 0.4) is 0 Å². The Morgan fingerprint density at radius 2 is 1.73 bits per heavy atom. The summed E-state index contributed by atoms with van der Waals surface area (Å²) in [6, 6.07) is 10.5. The topological polar surface area (TPSA) is 54.5 Å². The molecule has 2 aromatic carbocycles. The van der Waals surface area contributed by atoms with Crippen LogP contribution in [0.1, 0.15) is 32.3 Å². The van der Waals surface area contributed by atoms with Gasteiger partial charge in [0, 0.05) is 23.7 Å². The zero-order valence-corrected chi connectivity index (χ0v) is 18.0. The average molecular weight is 460 g/mol. The molecule has 1 aliphatic rings. The third-order valence-corrected chi connectivity index (χ3v) is 8.51. The predicted octanol–water partition coefficient (Wildman–Crippen LogP) is 5.35. The van der Waals surface area contributed by atoms with Crippen molar-refractivity contribution < 1.29 is 26.4 Å². The van der Waals surface area contributed by atoms with E-state index in [0.717, 1.165) is 12.1 Å². The molecule has 2 aromatic rings. The van der Waals surface area contributed by atoms with Crippen LogP contribution in [0, 0.1) is 5.92 Å². The van der Waals surface area contributed by atoms with E-state index in [1.807, 2.05) is 0 Å². The normalized spacial score (nSPS) is 18.5. The fraction of sp³-hybridized carbons (Fsp3) is 0.381. The lowest BCUT2D eigenvalue weighted by Crippen LogP contribution is -2.50. The van der Waals surface area contributed by atoms with E-state index < -0.39 is 32.2 Å². The zero-order valence-electron chi connectivity index (χ0n) is 16.4. The van der Waals surface area contributed by atoms with Gasteiger partial charge in [0.1, 0.15) is 0 Å². The van der Waals surface area contributed by atoms with Crippen molar-refractivity contribution >= 4 is 33.0 Å². The second kappa shape index (κ2) is 7.89.